The Balaban J connectivity index is 1.70. The molecule has 1 fully saturated rings. The molecule has 0 radical (unpaired) electrons. The highest BCUT2D eigenvalue weighted by Gasteiger charge is 2.36. The molecule has 0 saturated carbocycles. The molecule has 4 N–H and O–H groups in total. The Hall–Kier alpha value is -3.03. The molecule has 1 saturated heterocycles. The number of benzene rings is 1. The summed E-state index contributed by atoms with van der Waals surface area (Å²) in [7, 11) is 0. The van der Waals surface area contributed by atoms with Crippen LogP contribution < -0.4 is 10.5 Å². The number of nitrogens with zero attached hydrogens (tertiary/aromatic N) is 4. The Morgan fingerprint density at radius 1 is 1.30 bits per heavy atom. The van der Waals surface area contributed by atoms with Crippen LogP contribution >= 0.6 is 0 Å². The first-order valence-corrected chi connectivity index (χ1v) is 8.66. The van der Waals surface area contributed by atoms with Crippen LogP contribution in [0, 0.1) is 5.82 Å². The number of aliphatic hydroxyl groups excluding tert-OH is 2. The highest BCUT2D eigenvalue weighted by Crippen LogP contribution is 2.35. The molecule has 30 heavy (non-hydrogen) atoms. The van der Waals surface area contributed by atoms with Gasteiger partial charge in [-0.3, -0.25) is 4.57 Å². The molecule has 1 aliphatic heterocycles. The molecule has 9 nitrogen and oxygen atoms in total. The zero-order valence-corrected chi connectivity index (χ0v) is 15.0. The monoisotopic (exact) mass is 429 g/mol. The first kappa shape index (κ1) is 20.3. The number of hydrogen-bond acceptors (Lipinski definition) is 8. The van der Waals surface area contributed by atoms with Gasteiger partial charge in [-0.15, -0.1) is 0 Å². The molecule has 0 bridgehead atoms. The second-order valence-corrected chi connectivity index (χ2v) is 6.59. The lowest BCUT2D eigenvalue weighted by molar-refractivity contribution is -0.140. The van der Waals surface area contributed by atoms with Gasteiger partial charge in [-0.1, -0.05) is 0 Å². The lowest BCUT2D eigenvalue weighted by Crippen LogP contribution is -2.19. The summed E-state index contributed by atoms with van der Waals surface area (Å²) >= 11 is 0. The predicted molar refractivity (Wildman–Crippen MR) is 92.8 cm³/mol. The number of imidazole rings is 1. The van der Waals surface area contributed by atoms with Crippen molar-refractivity contribution < 1.29 is 37.2 Å². The van der Waals surface area contributed by atoms with E-state index in [1.165, 1.54) is 10.9 Å². The van der Waals surface area contributed by atoms with Crippen molar-refractivity contribution in [1.82, 2.24) is 19.5 Å². The Labute approximate surface area is 165 Å². The van der Waals surface area contributed by atoms with E-state index in [0.29, 0.717) is 12.1 Å². The summed E-state index contributed by atoms with van der Waals surface area (Å²) in [4.78, 5) is 12.0. The minimum atomic E-state index is -4.91. The molecule has 1 aromatic carbocycles. The molecule has 0 aliphatic carbocycles. The van der Waals surface area contributed by atoms with Gasteiger partial charge in [0.05, 0.1) is 24.6 Å². The van der Waals surface area contributed by atoms with Crippen LogP contribution in [0.4, 0.5) is 23.4 Å². The van der Waals surface area contributed by atoms with Crippen LogP contribution in [0.2, 0.25) is 0 Å². The highest BCUT2D eigenvalue weighted by molar-refractivity contribution is 5.82. The van der Waals surface area contributed by atoms with Crippen LogP contribution in [0.1, 0.15) is 18.2 Å². The SMILES string of the molecule is Nc1nc(Oc2ccc(F)c(C(F)(F)F)c2)nc2c1ncn2C1OC(CO)C[C@H]1O. The van der Waals surface area contributed by atoms with Crippen molar-refractivity contribution >= 4 is 17.0 Å². The third-order valence-corrected chi connectivity index (χ3v) is 4.52. The summed E-state index contributed by atoms with van der Waals surface area (Å²) < 4.78 is 64.4. The summed E-state index contributed by atoms with van der Waals surface area (Å²) in [5.41, 5.74) is 4.59. The first-order valence-electron chi connectivity index (χ1n) is 8.66. The van der Waals surface area contributed by atoms with Gasteiger partial charge in [0.15, 0.2) is 23.2 Å². The second-order valence-electron chi connectivity index (χ2n) is 6.59. The molecule has 2 unspecified atom stereocenters. The summed E-state index contributed by atoms with van der Waals surface area (Å²) in [5, 5.41) is 19.4. The maximum Gasteiger partial charge on any atom is 0.419 e. The molecule has 3 aromatic rings. The van der Waals surface area contributed by atoms with E-state index in [9.17, 15) is 27.8 Å². The zero-order chi connectivity index (χ0) is 21.6. The Morgan fingerprint density at radius 2 is 2.07 bits per heavy atom. The number of alkyl halides is 3. The smallest absolute Gasteiger partial charge is 0.419 e. The van der Waals surface area contributed by atoms with Gasteiger partial charge in [0.25, 0.3) is 0 Å². The van der Waals surface area contributed by atoms with E-state index in [1.54, 1.807) is 0 Å². The number of halogens is 4. The van der Waals surface area contributed by atoms with Gasteiger partial charge in [-0.25, -0.2) is 9.37 Å². The number of aromatic nitrogens is 4. The first-order chi connectivity index (χ1) is 14.2. The van der Waals surface area contributed by atoms with E-state index in [4.69, 9.17) is 15.2 Å². The average Bonchev–Trinajstić information content (AvgIpc) is 3.25. The number of ether oxygens (including phenoxy) is 2. The Morgan fingerprint density at radius 3 is 2.73 bits per heavy atom. The Bertz CT molecular complexity index is 1090. The number of nitrogens with two attached hydrogens (primary N) is 1. The molecule has 160 valence electrons. The summed E-state index contributed by atoms with van der Waals surface area (Å²) in [6.07, 6.45) is -5.90. The summed E-state index contributed by atoms with van der Waals surface area (Å²) in [6, 6.07) is 1.67. The third kappa shape index (κ3) is 3.62. The van der Waals surface area contributed by atoms with Crippen LogP contribution in [0.25, 0.3) is 11.2 Å². The summed E-state index contributed by atoms with van der Waals surface area (Å²) in [6.45, 7) is -0.294. The Kier molecular flexibility index (Phi) is 4.95. The van der Waals surface area contributed by atoms with Gasteiger partial charge < -0.3 is 25.4 Å². The molecule has 0 amide bonds. The fraction of sp³-hybridized carbons (Fsp3) is 0.353. The molecule has 3 heterocycles. The topological polar surface area (TPSA) is 129 Å². The minimum Gasteiger partial charge on any atom is -0.424 e. The van der Waals surface area contributed by atoms with Crippen LogP contribution in [0.5, 0.6) is 11.8 Å². The molecule has 4 rings (SSSR count). The van der Waals surface area contributed by atoms with Gasteiger partial charge in [0, 0.05) is 6.42 Å². The van der Waals surface area contributed by atoms with Crippen LogP contribution in [-0.2, 0) is 10.9 Å². The number of anilines is 1. The van der Waals surface area contributed by atoms with E-state index in [0.717, 1.165) is 6.07 Å². The third-order valence-electron chi connectivity index (χ3n) is 4.52. The molecule has 0 spiro atoms. The standard InChI is InChI=1S/C17H15F4N5O4/c18-10-2-1-7(3-9(10)17(19,20)21)30-16-24-13(22)12-14(25-16)26(6-23-12)15-11(28)4-8(5-27)29-15/h1-3,6,8,11,15,27-28H,4-5H2,(H2,22,24,25)/t8?,11-,15?/m1/s1. The van der Waals surface area contributed by atoms with Crippen molar-refractivity contribution in [2.24, 2.45) is 0 Å². The number of hydrogen-bond donors (Lipinski definition) is 3. The lowest BCUT2D eigenvalue weighted by Gasteiger charge is -2.16. The van der Waals surface area contributed by atoms with E-state index >= 15 is 0 Å². The van der Waals surface area contributed by atoms with Crippen molar-refractivity contribution in [3.05, 3.63) is 35.9 Å². The maximum absolute atomic E-state index is 13.5. The van der Waals surface area contributed by atoms with Crippen molar-refractivity contribution in [1.29, 1.82) is 0 Å². The number of rotatable bonds is 4. The molecule has 1 aliphatic rings. The van der Waals surface area contributed by atoms with Crippen LogP contribution in [-0.4, -0.2) is 48.5 Å². The van der Waals surface area contributed by atoms with Crippen molar-refractivity contribution in [3.63, 3.8) is 0 Å². The number of aliphatic hydroxyl groups is 2. The zero-order valence-electron chi connectivity index (χ0n) is 15.0. The minimum absolute atomic E-state index is 0.0956. The van der Waals surface area contributed by atoms with Crippen LogP contribution in [0.3, 0.4) is 0 Å². The van der Waals surface area contributed by atoms with Gasteiger partial charge in [-0.2, -0.15) is 23.1 Å². The fourth-order valence-electron chi connectivity index (χ4n) is 3.14. The quantitative estimate of drug-likeness (QED) is 0.538. The number of fused-ring (bicyclic) bond motifs is 1. The molecule has 2 aromatic heterocycles. The van der Waals surface area contributed by atoms with Gasteiger partial charge in [0.1, 0.15) is 17.7 Å². The van der Waals surface area contributed by atoms with E-state index in [2.05, 4.69) is 15.0 Å². The second kappa shape index (κ2) is 7.34. The normalized spacial score (nSPS) is 22.0. The van der Waals surface area contributed by atoms with Gasteiger partial charge in [0.2, 0.25) is 0 Å². The van der Waals surface area contributed by atoms with Gasteiger partial charge >= 0.3 is 12.2 Å². The number of nitrogen functional groups attached to an aromatic ring is 1. The van der Waals surface area contributed by atoms with E-state index in [-0.39, 0.29) is 35.8 Å². The molecular formula is C17H15F4N5O4. The van der Waals surface area contributed by atoms with Crippen molar-refractivity contribution in [2.75, 3.05) is 12.3 Å². The fourth-order valence-corrected chi connectivity index (χ4v) is 3.14. The predicted octanol–water partition coefficient (Wildman–Crippen LogP) is 2.00. The maximum atomic E-state index is 13.5. The molecule has 3 atom stereocenters. The highest BCUT2D eigenvalue weighted by atomic mass is 19.4. The van der Waals surface area contributed by atoms with E-state index in [1.807, 2.05) is 0 Å². The van der Waals surface area contributed by atoms with Crippen molar-refractivity contribution in [2.45, 2.75) is 31.0 Å². The lowest BCUT2D eigenvalue weighted by atomic mass is 10.2. The van der Waals surface area contributed by atoms with Crippen LogP contribution in [0.15, 0.2) is 24.5 Å². The van der Waals surface area contributed by atoms with E-state index < -0.39 is 42.0 Å². The average molecular weight is 429 g/mol. The van der Waals surface area contributed by atoms with Crippen molar-refractivity contribution in [3.8, 4) is 11.8 Å². The van der Waals surface area contributed by atoms with Gasteiger partial charge in [-0.05, 0) is 18.2 Å². The molecular weight excluding hydrogens is 414 g/mol. The molecule has 13 heteroatoms. The summed E-state index contributed by atoms with van der Waals surface area (Å²) in [5.74, 6) is -1.93. The largest absolute Gasteiger partial charge is 0.424 e.